The maximum Gasteiger partial charge on any atom is 0.165 e. The predicted octanol–water partition coefficient (Wildman–Crippen LogP) is 2.05. The number of halogens is 2. The van der Waals surface area contributed by atoms with Crippen LogP contribution in [0.1, 0.15) is 18.1 Å². The van der Waals surface area contributed by atoms with Crippen molar-refractivity contribution in [1.29, 1.82) is 0 Å². The molecule has 31 heavy (non-hydrogen) atoms. The van der Waals surface area contributed by atoms with Gasteiger partial charge in [-0.3, -0.25) is 14.8 Å². The summed E-state index contributed by atoms with van der Waals surface area (Å²) in [5, 5.41) is 15.8. The predicted molar refractivity (Wildman–Crippen MR) is 111 cm³/mol. The highest BCUT2D eigenvalue weighted by Crippen LogP contribution is 2.33. The van der Waals surface area contributed by atoms with Gasteiger partial charge in [-0.2, -0.15) is 5.10 Å². The first-order chi connectivity index (χ1) is 15.0. The molecule has 1 saturated heterocycles. The molecule has 164 valence electrons. The van der Waals surface area contributed by atoms with Gasteiger partial charge in [0.2, 0.25) is 0 Å². The monoisotopic (exact) mass is 428 g/mol. The topological polar surface area (TPSA) is 70.3 Å². The average Bonchev–Trinajstić information content (AvgIpc) is 3.29. The van der Waals surface area contributed by atoms with Crippen molar-refractivity contribution in [2.75, 3.05) is 26.2 Å². The Hall–Kier alpha value is -2.75. The summed E-state index contributed by atoms with van der Waals surface area (Å²) in [7, 11) is 0. The van der Waals surface area contributed by atoms with Gasteiger partial charge in [-0.05, 0) is 30.7 Å². The fourth-order valence-corrected chi connectivity index (χ4v) is 4.20. The van der Waals surface area contributed by atoms with Gasteiger partial charge in [0.05, 0.1) is 6.54 Å². The Morgan fingerprint density at radius 2 is 1.81 bits per heavy atom. The zero-order valence-corrected chi connectivity index (χ0v) is 17.4. The third-order valence-electron chi connectivity index (χ3n) is 6.09. The minimum Gasteiger partial charge on any atom is -0.381 e. The average molecular weight is 428 g/mol. The number of piperazine rings is 1. The van der Waals surface area contributed by atoms with Crippen molar-refractivity contribution in [2.24, 2.45) is 0 Å². The van der Waals surface area contributed by atoms with E-state index in [1.165, 1.54) is 35.0 Å². The molecule has 1 N–H and O–H groups in total. The van der Waals surface area contributed by atoms with Crippen LogP contribution in [0.5, 0.6) is 0 Å². The highest BCUT2D eigenvalue weighted by Gasteiger charge is 2.43. The number of hydrogen-bond donors (Lipinski definition) is 1. The van der Waals surface area contributed by atoms with Crippen LogP contribution in [0.15, 0.2) is 55.4 Å². The van der Waals surface area contributed by atoms with E-state index in [-0.39, 0.29) is 12.1 Å². The van der Waals surface area contributed by atoms with Crippen molar-refractivity contribution in [3.63, 3.8) is 0 Å². The molecule has 3 aromatic rings. The molecular weight excluding hydrogens is 402 g/mol. The lowest BCUT2D eigenvalue weighted by atomic mass is 9.85. The van der Waals surface area contributed by atoms with Gasteiger partial charge in [-0.25, -0.2) is 18.4 Å². The van der Waals surface area contributed by atoms with Crippen LogP contribution in [0, 0.1) is 11.6 Å². The number of nitrogens with zero attached hydrogens (tertiary/aromatic N) is 6. The Morgan fingerprint density at radius 1 is 1.06 bits per heavy atom. The summed E-state index contributed by atoms with van der Waals surface area (Å²) in [5.74, 6) is -2.02. The summed E-state index contributed by atoms with van der Waals surface area (Å²) in [4.78, 5) is 12.4. The molecule has 3 heterocycles. The molecule has 9 heteroatoms. The van der Waals surface area contributed by atoms with E-state index in [1.807, 2.05) is 19.1 Å². The van der Waals surface area contributed by atoms with E-state index in [1.54, 1.807) is 12.4 Å². The van der Waals surface area contributed by atoms with Gasteiger partial charge in [-0.1, -0.05) is 12.1 Å². The second-order valence-electron chi connectivity index (χ2n) is 7.96. The van der Waals surface area contributed by atoms with Crippen molar-refractivity contribution in [2.45, 2.75) is 31.7 Å². The molecule has 0 spiro atoms. The molecule has 1 aliphatic rings. The zero-order chi connectivity index (χ0) is 21.8. The van der Waals surface area contributed by atoms with Gasteiger partial charge in [0.1, 0.15) is 18.3 Å². The summed E-state index contributed by atoms with van der Waals surface area (Å²) < 4.78 is 30.2. The third-order valence-corrected chi connectivity index (χ3v) is 6.09. The van der Waals surface area contributed by atoms with Crippen molar-refractivity contribution < 1.29 is 13.9 Å². The number of hydrogen-bond acceptors (Lipinski definition) is 6. The molecular formula is C22H26F2N6O. The van der Waals surface area contributed by atoms with Crippen molar-refractivity contribution >= 4 is 0 Å². The molecule has 0 amide bonds. The Labute approximate surface area is 180 Å². The summed E-state index contributed by atoms with van der Waals surface area (Å²) >= 11 is 0. The Balaban J connectivity index is 1.52. The van der Waals surface area contributed by atoms with E-state index in [4.69, 9.17) is 0 Å². The summed E-state index contributed by atoms with van der Waals surface area (Å²) in [5.41, 5.74) is -0.566. The van der Waals surface area contributed by atoms with Gasteiger partial charge in [0.25, 0.3) is 0 Å². The second-order valence-corrected chi connectivity index (χ2v) is 7.96. The fraction of sp³-hybridized carbons (Fsp3) is 0.409. The number of pyridine rings is 1. The van der Waals surface area contributed by atoms with Crippen LogP contribution in [0.2, 0.25) is 0 Å². The maximum absolute atomic E-state index is 14.7. The zero-order valence-electron chi connectivity index (χ0n) is 17.4. The van der Waals surface area contributed by atoms with Crippen molar-refractivity contribution in [3.8, 4) is 0 Å². The van der Waals surface area contributed by atoms with Gasteiger partial charge in [0, 0.05) is 56.7 Å². The van der Waals surface area contributed by atoms with Gasteiger partial charge < -0.3 is 5.11 Å². The number of aromatic nitrogens is 4. The summed E-state index contributed by atoms with van der Waals surface area (Å²) in [6.07, 6.45) is 6.38. The summed E-state index contributed by atoms with van der Waals surface area (Å²) in [6.45, 7) is 5.64. The molecule has 2 aromatic heterocycles. The summed E-state index contributed by atoms with van der Waals surface area (Å²) in [6, 6.07) is 7.43. The van der Waals surface area contributed by atoms with E-state index in [0.717, 1.165) is 25.7 Å². The first kappa shape index (κ1) is 21.5. The first-order valence-corrected chi connectivity index (χ1v) is 10.3. The fourth-order valence-electron chi connectivity index (χ4n) is 4.20. The SMILES string of the molecule is C[C@@H](N1CCN(Cc2ccncc2)CC1)[C@](O)(Cn1cncn1)c1cccc(F)c1F. The second kappa shape index (κ2) is 9.17. The van der Waals surface area contributed by atoms with Crippen LogP contribution in [-0.2, 0) is 18.7 Å². The van der Waals surface area contributed by atoms with Gasteiger partial charge in [-0.15, -0.1) is 0 Å². The largest absolute Gasteiger partial charge is 0.381 e. The van der Waals surface area contributed by atoms with Crippen LogP contribution < -0.4 is 0 Å². The van der Waals surface area contributed by atoms with Crippen molar-refractivity contribution in [1.82, 2.24) is 29.5 Å². The lowest BCUT2D eigenvalue weighted by molar-refractivity contribution is -0.0745. The molecule has 0 unspecified atom stereocenters. The van der Waals surface area contributed by atoms with E-state index >= 15 is 0 Å². The molecule has 0 saturated carbocycles. The Kier molecular flexibility index (Phi) is 6.35. The van der Waals surface area contributed by atoms with Crippen LogP contribution >= 0.6 is 0 Å². The van der Waals surface area contributed by atoms with Crippen LogP contribution in [-0.4, -0.2) is 66.9 Å². The Morgan fingerprint density at radius 3 is 2.48 bits per heavy atom. The lowest BCUT2D eigenvalue weighted by Crippen LogP contribution is -2.57. The van der Waals surface area contributed by atoms with Crippen LogP contribution in [0.4, 0.5) is 8.78 Å². The smallest absolute Gasteiger partial charge is 0.165 e. The highest BCUT2D eigenvalue weighted by molar-refractivity contribution is 5.27. The molecule has 7 nitrogen and oxygen atoms in total. The molecule has 1 fully saturated rings. The number of aliphatic hydroxyl groups is 1. The minimum absolute atomic E-state index is 0.0359. The Bertz CT molecular complexity index is 979. The molecule has 2 atom stereocenters. The van der Waals surface area contributed by atoms with Crippen LogP contribution in [0.3, 0.4) is 0 Å². The maximum atomic E-state index is 14.7. The molecule has 4 rings (SSSR count). The third kappa shape index (κ3) is 4.63. The lowest BCUT2D eigenvalue weighted by Gasteiger charge is -2.45. The standard InChI is InChI=1S/C22H26F2N6O/c1-17(29-11-9-28(10-12-29)13-18-5-7-25-8-6-18)22(31,14-30-16-26-15-27-30)19-3-2-4-20(23)21(19)24/h2-8,15-17,31H,9-14H2,1H3/t17-,22-/m1/s1. The van der Waals surface area contributed by atoms with E-state index < -0.39 is 23.3 Å². The van der Waals surface area contributed by atoms with E-state index in [0.29, 0.717) is 13.1 Å². The molecule has 0 bridgehead atoms. The van der Waals surface area contributed by atoms with E-state index in [2.05, 4.69) is 24.9 Å². The van der Waals surface area contributed by atoms with Crippen molar-refractivity contribution in [3.05, 3.63) is 78.1 Å². The normalized spacial score (nSPS) is 18.6. The number of benzene rings is 1. The van der Waals surface area contributed by atoms with Gasteiger partial charge in [0.15, 0.2) is 11.6 Å². The molecule has 0 aliphatic carbocycles. The quantitative estimate of drug-likeness (QED) is 0.621. The molecule has 0 radical (unpaired) electrons. The van der Waals surface area contributed by atoms with E-state index in [9.17, 15) is 13.9 Å². The highest BCUT2D eigenvalue weighted by atomic mass is 19.2. The minimum atomic E-state index is -1.69. The molecule has 1 aromatic carbocycles. The first-order valence-electron chi connectivity index (χ1n) is 10.3. The number of rotatable bonds is 7. The molecule has 1 aliphatic heterocycles. The van der Waals surface area contributed by atoms with Gasteiger partial charge >= 0.3 is 0 Å². The van der Waals surface area contributed by atoms with Crippen LogP contribution in [0.25, 0.3) is 0 Å².